The van der Waals surface area contributed by atoms with E-state index >= 15 is 0 Å². The van der Waals surface area contributed by atoms with E-state index in [0.717, 1.165) is 48.8 Å². The first-order chi connectivity index (χ1) is 15.0. The minimum atomic E-state index is -0.726. The van der Waals surface area contributed by atoms with Crippen molar-refractivity contribution in [1.82, 2.24) is 15.5 Å². The van der Waals surface area contributed by atoms with Gasteiger partial charge in [0, 0.05) is 12.6 Å². The molecule has 2 rings (SSSR count). The number of rotatable bonds is 10. The van der Waals surface area contributed by atoms with E-state index in [1.807, 2.05) is 32.0 Å². The number of carbonyl (C=O) groups excluding carboxylic acids is 3. The van der Waals surface area contributed by atoms with Gasteiger partial charge in [-0.2, -0.15) is 0 Å². The number of alkyl carbamates (subject to hydrolysis) is 1. The molecule has 32 heavy (non-hydrogen) atoms. The van der Waals surface area contributed by atoms with Gasteiger partial charge in [0.2, 0.25) is 11.8 Å². The summed E-state index contributed by atoms with van der Waals surface area (Å²) in [7, 11) is 0. The summed E-state index contributed by atoms with van der Waals surface area (Å²) in [4.78, 5) is 40.2. The lowest BCUT2D eigenvalue weighted by atomic mass is 9.98. The van der Waals surface area contributed by atoms with E-state index in [2.05, 4.69) is 17.6 Å². The number of amides is 3. The van der Waals surface area contributed by atoms with Crippen LogP contribution >= 0.6 is 0 Å². The quantitative estimate of drug-likeness (QED) is 0.529. The molecule has 1 aliphatic carbocycles. The predicted octanol–water partition coefficient (Wildman–Crippen LogP) is 4.17. The van der Waals surface area contributed by atoms with Gasteiger partial charge in [-0.3, -0.25) is 9.59 Å². The second-order valence-corrected chi connectivity index (χ2v) is 9.63. The highest BCUT2D eigenvalue weighted by atomic mass is 16.6. The van der Waals surface area contributed by atoms with Crippen LogP contribution in [0.15, 0.2) is 18.2 Å². The summed E-state index contributed by atoms with van der Waals surface area (Å²) < 4.78 is 5.24. The van der Waals surface area contributed by atoms with E-state index in [0.29, 0.717) is 6.54 Å². The largest absolute Gasteiger partial charge is 0.444 e. The lowest BCUT2D eigenvalue weighted by Gasteiger charge is -2.32. The Bertz CT molecular complexity index is 812. The Kier molecular flexibility index (Phi) is 9.10. The number of ether oxygens (including phenoxy) is 1. The molecule has 0 saturated heterocycles. The normalized spacial score (nSPS) is 14.4. The van der Waals surface area contributed by atoms with Crippen molar-refractivity contribution in [3.63, 3.8) is 0 Å². The second-order valence-electron chi connectivity index (χ2n) is 9.63. The Morgan fingerprint density at radius 2 is 1.78 bits per heavy atom. The van der Waals surface area contributed by atoms with Crippen molar-refractivity contribution in [2.45, 2.75) is 91.3 Å². The van der Waals surface area contributed by atoms with Gasteiger partial charge >= 0.3 is 6.09 Å². The summed E-state index contributed by atoms with van der Waals surface area (Å²) in [5.41, 5.74) is 2.34. The van der Waals surface area contributed by atoms with E-state index in [1.54, 1.807) is 25.7 Å². The topological polar surface area (TPSA) is 87.7 Å². The fourth-order valence-electron chi connectivity index (χ4n) is 3.52. The summed E-state index contributed by atoms with van der Waals surface area (Å²) in [5.74, 6) is -0.466. The Morgan fingerprint density at radius 3 is 2.34 bits per heavy atom. The molecule has 7 heteroatoms. The van der Waals surface area contributed by atoms with Crippen LogP contribution in [0.3, 0.4) is 0 Å². The van der Waals surface area contributed by atoms with Gasteiger partial charge in [0.15, 0.2) is 0 Å². The van der Waals surface area contributed by atoms with Crippen LogP contribution in [0.5, 0.6) is 0 Å². The standard InChI is InChI=1S/C25H39N3O4/c1-7-8-9-14-26-23(30)22(19-11-10-17(2)18(3)15-19)28(20-12-13-20)21(29)16-27-24(31)32-25(4,5)6/h10-11,15,20,22H,7-9,12-14,16H2,1-6H3,(H,26,30)(H,27,31). The van der Waals surface area contributed by atoms with Crippen molar-refractivity contribution >= 4 is 17.9 Å². The van der Waals surface area contributed by atoms with Crippen LogP contribution in [-0.2, 0) is 14.3 Å². The zero-order valence-electron chi connectivity index (χ0n) is 20.4. The maximum atomic E-state index is 13.3. The van der Waals surface area contributed by atoms with Crippen LogP contribution in [-0.4, -0.2) is 47.5 Å². The molecule has 0 bridgehead atoms. The molecule has 0 heterocycles. The molecule has 0 radical (unpaired) electrons. The fourth-order valence-corrected chi connectivity index (χ4v) is 3.52. The van der Waals surface area contributed by atoms with E-state index in [-0.39, 0.29) is 24.4 Å². The van der Waals surface area contributed by atoms with Gasteiger partial charge in [0.05, 0.1) is 0 Å². The molecule has 178 valence electrons. The summed E-state index contributed by atoms with van der Waals surface area (Å²) in [6.07, 6.45) is 4.07. The zero-order valence-corrected chi connectivity index (χ0v) is 20.4. The van der Waals surface area contributed by atoms with Gasteiger partial charge in [0.1, 0.15) is 18.2 Å². The number of aryl methyl sites for hydroxylation is 2. The SMILES string of the molecule is CCCCCNC(=O)C(c1ccc(C)c(C)c1)N(C(=O)CNC(=O)OC(C)(C)C)C1CC1. The van der Waals surface area contributed by atoms with Gasteiger partial charge in [-0.05, 0) is 70.6 Å². The van der Waals surface area contributed by atoms with Crippen molar-refractivity contribution in [3.05, 3.63) is 34.9 Å². The monoisotopic (exact) mass is 445 g/mol. The minimum Gasteiger partial charge on any atom is -0.444 e. The van der Waals surface area contributed by atoms with Crippen molar-refractivity contribution in [2.75, 3.05) is 13.1 Å². The molecular formula is C25H39N3O4. The molecule has 1 aromatic rings. The number of carbonyl (C=O) groups is 3. The number of unbranched alkanes of at least 4 members (excludes halogenated alkanes) is 2. The third kappa shape index (κ3) is 7.84. The Balaban J connectivity index is 2.22. The maximum Gasteiger partial charge on any atom is 0.408 e. The zero-order chi connectivity index (χ0) is 23.9. The van der Waals surface area contributed by atoms with Crippen molar-refractivity contribution in [3.8, 4) is 0 Å². The molecule has 0 aliphatic heterocycles. The molecule has 2 N–H and O–H groups in total. The number of nitrogens with one attached hydrogen (secondary N) is 2. The Hall–Kier alpha value is -2.57. The molecule has 1 aromatic carbocycles. The van der Waals surface area contributed by atoms with Gasteiger partial charge in [-0.25, -0.2) is 4.79 Å². The van der Waals surface area contributed by atoms with Crippen molar-refractivity contribution in [2.24, 2.45) is 0 Å². The number of benzene rings is 1. The average molecular weight is 446 g/mol. The summed E-state index contributed by atoms with van der Waals surface area (Å²) in [6.45, 7) is 11.8. The summed E-state index contributed by atoms with van der Waals surface area (Å²) in [6, 6.07) is 5.15. The molecular weight excluding hydrogens is 406 g/mol. The lowest BCUT2D eigenvalue weighted by Crippen LogP contribution is -2.49. The molecule has 1 aliphatic rings. The van der Waals surface area contributed by atoms with E-state index in [1.165, 1.54) is 0 Å². The molecule has 1 atom stereocenters. The Labute approximate surface area is 192 Å². The van der Waals surface area contributed by atoms with Gasteiger partial charge in [-0.1, -0.05) is 38.0 Å². The second kappa shape index (κ2) is 11.3. The Morgan fingerprint density at radius 1 is 1.09 bits per heavy atom. The van der Waals surface area contributed by atoms with E-state index < -0.39 is 17.7 Å². The highest BCUT2D eigenvalue weighted by molar-refractivity contribution is 5.91. The van der Waals surface area contributed by atoms with Crippen molar-refractivity contribution in [1.29, 1.82) is 0 Å². The highest BCUT2D eigenvalue weighted by Gasteiger charge is 2.41. The first-order valence-corrected chi connectivity index (χ1v) is 11.7. The van der Waals surface area contributed by atoms with Crippen LogP contribution < -0.4 is 10.6 Å². The average Bonchev–Trinajstić information content (AvgIpc) is 3.53. The van der Waals surface area contributed by atoms with Crippen LogP contribution in [0.25, 0.3) is 0 Å². The predicted molar refractivity (Wildman–Crippen MR) is 125 cm³/mol. The van der Waals surface area contributed by atoms with E-state index in [9.17, 15) is 14.4 Å². The van der Waals surface area contributed by atoms with Crippen LogP contribution in [0, 0.1) is 13.8 Å². The molecule has 1 saturated carbocycles. The summed E-state index contributed by atoms with van der Waals surface area (Å²) >= 11 is 0. The molecule has 7 nitrogen and oxygen atoms in total. The molecule has 0 spiro atoms. The smallest absolute Gasteiger partial charge is 0.408 e. The van der Waals surface area contributed by atoms with Crippen LogP contribution in [0.2, 0.25) is 0 Å². The van der Waals surface area contributed by atoms with Crippen molar-refractivity contribution < 1.29 is 19.1 Å². The molecule has 1 unspecified atom stereocenters. The molecule has 1 fully saturated rings. The number of hydrogen-bond acceptors (Lipinski definition) is 4. The lowest BCUT2D eigenvalue weighted by molar-refractivity contribution is -0.140. The van der Waals surface area contributed by atoms with Crippen LogP contribution in [0.4, 0.5) is 4.79 Å². The fraction of sp³-hybridized carbons (Fsp3) is 0.640. The van der Waals surface area contributed by atoms with Crippen LogP contribution in [0.1, 0.15) is 82.5 Å². The summed E-state index contributed by atoms with van der Waals surface area (Å²) in [5, 5.41) is 5.56. The van der Waals surface area contributed by atoms with Gasteiger partial charge in [-0.15, -0.1) is 0 Å². The minimum absolute atomic E-state index is 0.00376. The van der Waals surface area contributed by atoms with Gasteiger partial charge < -0.3 is 20.3 Å². The van der Waals surface area contributed by atoms with E-state index in [4.69, 9.17) is 4.74 Å². The number of nitrogens with zero attached hydrogens (tertiary/aromatic N) is 1. The first kappa shape index (κ1) is 25.7. The molecule has 3 amide bonds. The molecule has 0 aromatic heterocycles. The van der Waals surface area contributed by atoms with Gasteiger partial charge in [0.25, 0.3) is 0 Å². The third-order valence-corrected chi connectivity index (χ3v) is 5.46. The highest BCUT2D eigenvalue weighted by Crippen LogP contribution is 2.35. The third-order valence-electron chi connectivity index (χ3n) is 5.46. The first-order valence-electron chi connectivity index (χ1n) is 11.7. The maximum absolute atomic E-state index is 13.3. The number of hydrogen-bond donors (Lipinski definition) is 2.